The van der Waals surface area contributed by atoms with Crippen molar-refractivity contribution in [2.45, 2.75) is 98.8 Å². The molecule has 4 nitrogen and oxygen atoms in total. The molecule has 2 N–H and O–H groups in total. The summed E-state index contributed by atoms with van der Waals surface area (Å²) >= 11 is 0. The zero-order valence-electron chi connectivity index (χ0n) is 30.1. The Balaban J connectivity index is 1.92. The number of benzene rings is 4. The second-order valence-electron chi connectivity index (χ2n) is 17.0. The van der Waals surface area contributed by atoms with Crippen LogP contribution in [0.4, 0.5) is 4.39 Å². The van der Waals surface area contributed by atoms with Gasteiger partial charge in [-0.3, -0.25) is 0 Å². The van der Waals surface area contributed by atoms with Crippen molar-refractivity contribution in [2.24, 2.45) is 5.41 Å². The molecule has 250 valence electrons. The topological polar surface area (TPSA) is 54.6 Å². The second kappa shape index (κ2) is 12.0. The molecule has 0 aliphatic carbocycles. The van der Waals surface area contributed by atoms with E-state index < -0.39 is 5.82 Å². The summed E-state index contributed by atoms with van der Waals surface area (Å²) in [5, 5.41) is 24.1. The number of halogens is 1. The van der Waals surface area contributed by atoms with E-state index in [1.807, 2.05) is 6.07 Å². The number of aromatic hydroxyl groups is 1. The molecule has 5 heteroatoms. The number of aliphatic hydroxyl groups excluding tert-OH is 1. The average Bonchev–Trinajstić information content (AvgIpc) is 3.27. The number of phenolic OH excluding ortho intramolecular Hbond substituents is 1. The summed E-state index contributed by atoms with van der Waals surface area (Å²) in [7, 11) is 0. The Labute approximate surface area is 280 Å². The smallest absolute Gasteiger partial charge is 0.147 e. The molecule has 1 heterocycles. The van der Waals surface area contributed by atoms with Crippen LogP contribution in [0.25, 0.3) is 38.6 Å². The lowest BCUT2D eigenvalue weighted by Gasteiger charge is -2.34. The van der Waals surface area contributed by atoms with E-state index in [0.717, 1.165) is 33.8 Å². The van der Waals surface area contributed by atoms with E-state index in [-0.39, 0.29) is 40.6 Å². The standard InChI is InChI=1S/C42H52FNO3/c1-39(2,3)25-42(10,11)28-22-33(32-24-29(43)14-17-37(32)47-19-18-45)38(46)36(23-28)44-34-15-12-26(40(4,5)6)20-30(34)31-21-27(41(7,8)9)13-16-35(31)44/h12-17,20-24,45-46H,18-19,25H2,1-11H3. The Bertz CT molecular complexity index is 1870. The van der Waals surface area contributed by atoms with Crippen molar-refractivity contribution in [1.29, 1.82) is 0 Å². The average molecular weight is 638 g/mol. The first-order valence-electron chi connectivity index (χ1n) is 16.7. The lowest BCUT2D eigenvalue weighted by Crippen LogP contribution is -2.25. The van der Waals surface area contributed by atoms with E-state index in [0.29, 0.717) is 22.6 Å². The molecule has 0 unspecified atom stereocenters. The number of nitrogens with zero attached hydrogens (tertiary/aromatic N) is 1. The number of aromatic nitrogens is 1. The molecule has 47 heavy (non-hydrogen) atoms. The minimum absolute atomic E-state index is 0.0372. The van der Waals surface area contributed by atoms with Gasteiger partial charge in [0.1, 0.15) is 23.9 Å². The van der Waals surface area contributed by atoms with Crippen LogP contribution in [0.2, 0.25) is 0 Å². The fourth-order valence-corrected chi connectivity index (χ4v) is 7.02. The molecule has 5 aromatic rings. The van der Waals surface area contributed by atoms with Crippen molar-refractivity contribution >= 4 is 21.8 Å². The Hall–Kier alpha value is -3.83. The molecular formula is C42H52FNO3. The van der Waals surface area contributed by atoms with E-state index >= 15 is 0 Å². The molecule has 0 fully saturated rings. The van der Waals surface area contributed by atoms with E-state index in [2.05, 4.69) is 123 Å². The number of rotatable bonds is 7. The molecule has 0 saturated carbocycles. The number of hydrogen-bond acceptors (Lipinski definition) is 3. The van der Waals surface area contributed by atoms with Crippen LogP contribution in [-0.2, 0) is 16.2 Å². The van der Waals surface area contributed by atoms with E-state index in [4.69, 9.17) is 4.74 Å². The molecule has 1 aromatic heterocycles. The Morgan fingerprint density at radius 3 is 1.70 bits per heavy atom. The zero-order chi connectivity index (χ0) is 34.7. The number of phenols is 1. The molecule has 0 saturated heterocycles. The van der Waals surface area contributed by atoms with Gasteiger partial charge in [0.05, 0.1) is 23.3 Å². The maximum Gasteiger partial charge on any atom is 0.147 e. The van der Waals surface area contributed by atoms with Gasteiger partial charge in [0.2, 0.25) is 0 Å². The highest BCUT2D eigenvalue weighted by molar-refractivity contribution is 6.10. The molecule has 0 amide bonds. The maximum atomic E-state index is 14.9. The monoisotopic (exact) mass is 637 g/mol. The van der Waals surface area contributed by atoms with Gasteiger partial charge in [-0.1, -0.05) is 88.3 Å². The summed E-state index contributed by atoms with van der Waals surface area (Å²) in [6.07, 6.45) is 0.887. The van der Waals surface area contributed by atoms with Crippen molar-refractivity contribution < 1.29 is 19.3 Å². The molecule has 0 bridgehead atoms. The summed E-state index contributed by atoms with van der Waals surface area (Å²) in [5.41, 5.74) is 6.70. The first-order chi connectivity index (χ1) is 21.7. The number of aliphatic hydroxyl groups is 1. The van der Waals surface area contributed by atoms with Gasteiger partial charge in [0.15, 0.2) is 0 Å². The quantitative estimate of drug-likeness (QED) is 0.187. The molecule has 0 aliphatic heterocycles. The van der Waals surface area contributed by atoms with Crippen LogP contribution in [-0.4, -0.2) is 28.0 Å². The highest BCUT2D eigenvalue weighted by Crippen LogP contribution is 2.47. The predicted octanol–water partition coefficient (Wildman–Crippen LogP) is 11.0. The van der Waals surface area contributed by atoms with Gasteiger partial charge in [0.25, 0.3) is 0 Å². The van der Waals surface area contributed by atoms with Crippen LogP contribution in [0, 0.1) is 11.2 Å². The van der Waals surface area contributed by atoms with Gasteiger partial charge in [-0.15, -0.1) is 0 Å². The molecule has 0 spiro atoms. The highest BCUT2D eigenvalue weighted by atomic mass is 19.1. The normalized spacial score (nSPS) is 13.1. The first-order valence-corrected chi connectivity index (χ1v) is 16.7. The molecule has 5 rings (SSSR count). The maximum absolute atomic E-state index is 14.9. The van der Waals surface area contributed by atoms with Gasteiger partial charge in [-0.05, 0) is 99.4 Å². The summed E-state index contributed by atoms with van der Waals surface area (Å²) in [6.45, 7) is 24.4. The third kappa shape index (κ3) is 6.92. The lowest BCUT2D eigenvalue weighted by atomic mass is 9.71. The lowest BCUT2D eigenvalue weighted by molar-refractivity contribution is 0.202. The van der Waals surface area contributed by atoms with E-state index in [1.54, 1.807) is 6.07 Å². The minimum atomic E-state index is -0.432. The van der Waals surface area contributed by atoms with E-state index in [9.17, 15) is 14.6 Å². The van der Waals surface area contributed by atoms with Crippen LogP contribution in [0.1, 0.15) is 99.3 Å². The van der Waals surface area contributed by atoms with Crippen LogP contribution < -0.4 is 4.74 Å². The van der Waals surface area contributed by atoms with Crippen LogP contribution in [0.15, 0.2) is 66.7 Å². The third-order valence-electron chi connectivity index (χ3n) is 9.16. The minimum Gasteiger partial charge on any atom is -0.505 e. The highest BCUT2D eigenvalue weighted by Gasteiger charge is 2.31. The Morgan fingerprint density at radius 2 is 1.21 bits per heavy atom. The van der Waals surface area contributed by atoms with Crippen LogP contribution >= 0.6 is 0 Å². The summed E-state index contributed by atoms with van der Waals surface area (Å²) in [5.74, 6) is 0.00984. The number of ether oxygens (including phenoxy) is 1. The second-order valence-corrected chi connectivity index (χ2v) is 17.0. The van der Waals surface area contributed by atoms with Crippen molar-refractivity contribution in [3.05, 3.63) is 89.2 Å². The SMILES string of the molecule is CC(C)(C)CC(C)(C)c1cc(-c2cc(F)ccc2OCCO)c(O)c(-n2c3ccc(C(C)(C)C)cc3c3cc(C(C)(C)C)ccc32)c1. The van der Waals surface area contributed by atoms with Crippen LogP contribution in [0.5, 0.6) is 11.5 Å². The van der Waals surface area contributed by atoms with E-state index in [1.165, 1.54) is 23.3 Å². The predicted molar refractivity (Wildman–Crippen MR) is 195 cm³/mol. The summed E-state index contributed by atoms with van der Waals surface area (Å²) in [6, 6.07) is 21.7. The number of hydrogen-bond donors (Lipinski definition) is 2. The van der Waals surface area contributed by atoms with Crippen molar-refractivity contribution in [3.63, 3.8) is 0 Å². The van der Waals surface area contributed by atoms with Crippen LogP contribution in [0.3, 0.4) is 0 Å². The molecular weight excluding hydrogens is 585 g/mol. The van der Waals surface area contributed by atoms with Crippen molar-refractivity contribution in [3.8, 4) is 28.3 Å². The Morgan fingerprint density at radius 1 is 0.660 bits per heavy atom. The van der Waals surface area contributed by atoms with Gasteiger partial charge in [-0.2, -0.15) is 0 Å². The van der Waals surface area contributed by atoms with Gasteiger partial charge in [-0.25, -0.2) is 4.39 Å². The summed E-state index contributed by atoms with van der Waals surface area (Å²) < 4.78 is 23.0. The summed E-state index contributed by atoms with van der Waals surface area (Å²) in [4.78, 5) is 0. The van der Waals surface area contributed by atoms with Gasteiger partial charge < -0.3 is 19.5 Å². The zero-order valence-corrected chi connectivity index (χ0v) is 30.1. The Kier molecular flexibility index (Phi) is 8.81. The fraction of sp³-hybridized carbons (Fsp3) is 0.429. The largest absolute Gasteiger partial charge is 0.505 e. The first kappa shape index (κ1) is 34.5. The van der Waals surface area contributed by atoms with Crippen molar-refractivity contribution in [1.82, 2.24) is 4.57 Å². The fourth-order valence-electron chi connectivity index (χ4n) is 7.02. The van der Waals surface area contributed by atoms with Gasteiger partial charge in [0, 0.05) is 21.9 Å². The van der Waals surface area contributed by atoms with Gasteiger partial charge >= 0.3 is 0 Å². The molecule has 0 atom stereocenters. The third-order valence-corrected chi connectivity index (χ3v) is 9.16. The molecule has 4 aromatic carbocycles. The molecule has 0 aliphatic rings. The van der Waals surface area contributed by atoms with Crippen molar-refractivity contribution in [2.75, 3.05) is 13.2 Å². The number of fused-ring (bicyclic) bond motifs is 3. The molecule has 0 radical (unpaired) electrons.